The summed E-state index contributed by atoms with van der Waals surface area (Å²) < 4.78 is 36.7. The van der Waals surface area contributed by atoms with Gasteiger partial charge in [0.15, 0.2) is 0 Å². The number of nitriles is 1. The Morgan fingerprint density at radius 1 is 1.44 bits per heavy atom. The molecular weight excluding hydrogens is 247 g/mol. The van der Waals surface area contributed by atoms with Gasteiger partial charge in [-0.25, -0.2) is 0 Å². The van der Waals surface area contributed by atoms with Crippen LogP contribution in [0.5, 0.6) is 0 Å². The molecule has 4 nitrogen and oxygen atoms in total. The molecule has 1 aromatic rings. The van der Waals surface area contributed by atoms with E-state index in [0.717, 1.165) is 4.68 Å². The summed E-state index contributed by atoms with van der Waals surface area (Å²) in [5.74, 6) is 0. The fraction of sp³-hybridized carbons (Fsp3) is 0.571. The van der Waals surface area contributed by atoms with E-state index < -0.39 is 13.4 Å². The SMILES string of the molecule is N#CCCCc1cn(C[B-](F)(F)F)nn1.[K+]. The molecule has 0 amide bonds. The van der Waals surface area contributed by atoms with Crippen LogP contribution in [0.15, 0.2) is 6.20 Å². The first-order valence-electron chi connectivity index (χ1n) is 4.48. The zero-order valence-electron chi connectivity index (χ0n) is 8.91. The first-order valence-corrected chi connectivity index (χ1v) is 4.48. The van der Waals surface area contributed by atoms with Crippen molar-refractivity contribution in [3.8, 4) is 6.07 Å². The Bertz CT molecular complexity index is 359. The van der Waals surface area contributed by atoms with Crippen LogP contribution >= 0.6 is 0 Å². The minimum absolute atomic E-state index is 0. The van der Waals surface area contributed by atoms with Gasteiger partial charge in [-0.2, -0.15) is 5.26 Å². The van der Waals surface area contributed by atoms with E-state index in [1.165, 1.54) is 6.20 Å². The van der Waals surface area contributed by atoms with Gasteiger partial charge in [-0.05, 0) is 12.8 Å². The van der Waals surface area contributed by atoms with Gasteiger partial charge in [-0.15, -0.1) is 5.10 Å². The number of unbranched alkanes of at least 4 members (excludes halogenated alkanes) is 1. The molecule has 0 aliphatic rings. The van der Waals surface area contributed by atoms with E-state index in [-0.39, 0.29) is 51.4 Å². The van der Waals surface area contributed by atoms with Crippen LogP contribution in [0.1, 0.15) is 18.5 Å². The second-order valence-electron chi connectivity index (χ2n) is 3.15. The van der Waals surface area contributed by atoms with E-state index in [9.17, 15) is 12.9 Å². The third kappa shape index (κ3) is 6.65. The zero-order valence-corrected chi connectivity index (χ0v) is 12.0. The molecule has 0 spiro atoms. The average molecular weight is 256 g/mol. The molecule has 0 aliphatic heterocycles. The van der Waals surface area contributed by atoms with Crippen molar-refractivity contribution in [2.45, 2.75) is 25.7 Å². The Morgan fingerprint density at radius 2 is 2.12 bits per heavy atom. The normalized spacial score (nSPS) is 10.6. The summed E-state index contributed by atoms with van der Waals surface area (Å²) in [6.07, 6.45) is 1.65. The van der Waals surface area contributed by atoms with Crippen molar-refractivity contribution in [3.05, 3.63) is 11.9 Å². The molecule has 0 N–H and O–H groups in total. The van der Waals surface area contributed by atoms with Gasteiger partial charge >= 0.3 is 58.4 Å². The second-order valence-corrected chi connectivity index (χ2v) is 3.15. The number of rotatable bonds is 5. The first kappa shape index (κ1) is 16.1. The van der Waals surface area contributed by atoms with Crippen molar-refractivity contribution in [3.63, 3.8) is 0 Å². The van der Waals surface area contributed by atoms with Gasteiger partial charge in [0.25, 0.3) is 0 Å². The molecule has 0 saturated heterocycles. The minimum Gasteiger partial charge on any atom is -0.448 e. The van der Waals surface area contributed by atoms with E-state index >= 15 is 0 Å². The second kappa shape index (κ2) is 7.45. The van der Waals surface area contributed by atoms with Gasteiger partial charge < -0.3 is 12.9 Å². The largest absolute Gasteiger partial charge is 1.00 e. The van der Waals surface area contributed by atoms with Crippen molar-refractivity contribution in [1.29, 1.82) is 5.26 Å². The zero-order chi connectivity index (χ0) is 11.3. The molecule has 1 heterocycles. The van der Waals surface area contributed by atoms with Crippen LogP contribution in [0.4, 0.5) is 12.9 Å². The number of aromatic nitrogens is 3. The molecule has 0 unspecified atom stereocenters. The molecular formula is C7H9BF3KN4. The van der Waals surface area contributed by atoms with Crippen molar-refractivity contribution >= 4 is 6.98 Å². The van der Waals surface area contributed by atoms with E-state index in [1.807, 2.05) is 6.07 Å². The number of halogens is 3. The Kier molecular flexibility index (Phi) is 7.50. The maximum absolute atomic E-state index is 12.0. The molecule has 0 saturated carbocycles. The van der Waals surface area contributed by atoms with Gasteiger partial charge in [0.1, 0.15) is 0 Å². The van der Waals surface area contributed by atoms with Gasteiger partial charge in [-0.1, -0.05) is 5.21 Å². The van der Waals surface area contributed by atoms with Gasteiger partial charge in [0, 0.05) is 19.1 Å². The summed E-state index contributed by atoms with van der Waals surface area (Å²) in [5, 5.41) is 15.2. The number of aryl methyl sites for hydroxylation is 1. The monoisotopic (exact) mass is 256 g/mol. The Balaban J connectivity index is 0.00000225. The molecule has 82 valence electrons. The van der Waals surface area contributed by atoms with Crippen LogP contribution < -0.4 is 51.4 Å². The van der Waals surface area contributed by atoms with Crippen LogP contribution in [0.25, 0.3) is 0 Å². The molecule has 0 bridgehead atoms. The van der Waals surface area contributed by atoms with Crippen molar-refractivity contribution in [2.24, 2.45) is 0 Å². The average Bonchev–Trinajstić information content (AvgIpc) is 2.50. The summed E-state index contributed by atoms with van der Waals surface area (Å²) in [4.78, 5) is 0. The van der Waals surface area contributed by atoms with Gasteiger partial charge in [-0.3, -0.25) is 4.68 Å². The standard InChI is InChI=1S/C7H9BF3N4.K/c9-8(10,11)6-15-5-7(13-14-15)3-1-2-4-12;/h5H,1-3,6H2;/q-1;+1. The molecule has 0 aliphatic carbocycles. The summed E-state index contributed by atoms with van der Waals surface area (Å²) in [6.45, 7) is -4.88. The van der Waals surface area contributed by atoms with Crippen LogP contribution in [-0.4, -0.2) is 22.0 Å². The van der Waals surface area contributed by atoms with Crippen molar-refractivity contribution in [1.82, 2.24) is 15.0 Å². The predicted octanol–water partition coefficient (Wildman–Crippen LogP) is -1.49. The third-order valence-corrected chi connectivity index (χ3v) is 1.70. The minimum atomic E-state index is -4.88. The molecule has 0 radical (unpaired) electrons. The molecule has 0 fully saturated rings. The van der Waals surface area contributed by atoms with Crippen LogP contribution in [0.3, 0.4) is 0 Å². The Labute approximate surface area is 134 Å². The van der Waals surface area contributed by atoms with Crippen LogP contribution in [0, 0.1) is 11.3 Å². The van der Waals surface area contributed by atoms with Crippen LogP contribution in [0.2, 0.25) is 0 Å². The molecule has 16 heavy (non-hydrogen) atoms. The summed E-state index contributed by atoms with van der Waals surface area (Å²) in [5.41, 5.74) is 0.491. The van der Waals surface area contributed by atoms with Crippen LogP contribution in [-0.2, 0) is 12.9 Å². The fourth-order valence-corrected chi connectivity index (χ4v) is 1.10. The van der Waals surface area contributed by atoms with Crippen molar-refractivity contribution in [2.75, 3.05) is 0 Å². The third-order valence-electron chi connectivity index (χ3n) is 1.70. The molecule has 1 rings (SSSR count). The summed E-state index contributed by atoms with van der Waals surface area (Å²) in [6, 6.07) is 1.95. The Morgan fingerprint density at radius 3 is 2.69 bits per heavy atom. The van der Waals surface area contributed by atoms with Gasteiger partial charge in [0.2, 0.25) is 0 Å². The van der Waals surface area contributed by atoms with Gasteiger partial charge in [0.05, 0.1) is 11.8 Å². The molecule has 9 heteroatoms. The molecule has 0 atom stereocenters. The van der Waals surface area contributed by atoms with E-state index in [2.05, 4.69) is 10.3 Å². The maximum atomic E-state index is 12.0. The molecule has 1 aromatic heterocycles. The first-order chi connectivity index (χ1) is 7.01. The number of hydrogen-bond donors (Lipinski definition) is 0. The smallest absolute Gasteiger partial charge is 0.448 e. The summed E-state index contributed by atoms with van der Waals surface area (Å²) in [7, 11) is 0. The van der Waals surface area contributed by atoms with E-state index in [0.29, 0.717) is 25.0 Å². The number of nitrogens with zero attached hydrogens (tertiary/aromatic N) is 4. The maximum Gasteiger partial charge on any atom is 1.00 e. The predicted molar refractivity (Wildman–Crippen MR) is 47.7 cm³/mol. The Hall–Kier alpha value is 0.121. The topological polar surface area (TPSA) is 54.5 Å². The molecule has 0 aromatic carbocycles. The fourth-order valence-electron chi connectivity index (χ4n) is 1.10. The summed E-state index contributed by atoms with van der Waals surface area (Å²) >= 11 is 0. The number of hydrogen-bond acceptors (Lipinski definition) is 3. The van der Waals surface area contributed by atoms with E-state index in [1.54, 1.807) is 0 Å². The van der Waals surface area contributed by atoms with E-state index in [4.69, 9.17) is 5.26 Å². The van der Waals surface area contributed by atoms with Crippen molar-refractivity contribution < 1.29 is 64.3 Å². The quantitative estimate of drug-likeness (QED) is 0.476.